The van der Waals surface area contributed by atoms with E-state index in [9.17, 15) is 9.59 Å². The van der Waals surface area contributed by atoms with Gasteiger partial charge in [0.05, 0.1) is 0 Å². The van der Waals surface area contributed by atoms with Crippen molar-refractivity contribution in [3.8, 4) is 0 Å². The minimum absolute atomic E-state index is 0.183. The molecule has 1 N–H and O–H groups in total. The zero-order valence-corrected chi connectivity index (χ0v) is 17.4. The van der Waals surface area contributed by atoms with Crippen LogP contribution in [0.4, 0.5) is 0 Å². The van der Waals surface area contributed by atoms with Crippen molar-refractivity contribution in [1.82, 2.24) is 24.9 Å². The van der Waals surface area contributed by atoms with Gasteiger partial charge < -0.3 is 20.0 Å². The number of nitrogens with zero attached hydrogens (tertiary/aromatic N) is 5. The van der Waals surface area contributed by atoms with Gasteiger partial charge in [0.25, 0.3) is 0 Å². The summed E-state index contributed by atoms with van der Waals surface area (Å²) in [5, 5.41) is 3.53. The molecule has 2 aliphatic rings. The highest BCUT2D eigenvalue weighted by molar-refractivity contribution is 5.80. The molecule has 0 radical (unpaired) electrons. The number of amides is 2. The average molecular weight is 381 g/mol. The van der Waals surface area contributed by atoms with Crippen molar-refractivity contribution >= 4 is 17.8 Å². The van der Waals surface area contributed by atoms with Crippen molar-refractivity contribution in [3.63, 3.8) is 0 Å². The molecule has 0 unspecified atom stereocenters. The molecular weight excluding hydrogens is 344 g/mol. The summed E-state index contributed by atoms with van der Waals surface area (Å²) >= 11 is 0. The Morgan fingerprint density at radius 3 is 2.19 bits per heavy atom. The van der Waals surface area contributed by atoms with E-state index >= 15 is 0 Å². The quantitative estimate of drug-likeness (QED) is 0.533. The van der Waals surface area contributed by atoms with Crippen molar-refractivity contribution in [3.05, 3.63) is 0 Å². The summed E-state index contributed by atoms with van der Waals surface area (Å²) in [6, 6.07) is 0. The summed E-state index contributed by atoms with van der Waals surface area (Å²) in [6.07, 6.45) is 2.69. The molecule has 0 aliphatic carbocycles. The standard InChI is InChI=1S/C19H36N6O2/c1-16(26)24-9-5-17(6-10-24)15-21-19(20-2)25-13-11-23(12-14-25)8-7-18(27)22(3)4/h17H,5-15H2,1-4H3,(H,20,21). The van der Waals surface area contributed by atoms with E-state index in [1.165, 1.54) is 0 Å². The maximum atomic E-state index is 11.7. The molecule has 0 aromatic rings. The van der Waals surface area contributed by atoms with Crippen LogP contribution in [0.25, 0.3) is 0 Å². The minimum Gasteiger partial charge on any atom is -0.356 e. The van der Waals surface area contributed by atoms with Gasteiger partial charge in [-0.3, -0.25) is 19.5 Å². The Balaban J connectivity index is 1.68. The number of carbonyl (C=O) groups is 2. The van der Waals surface area contributed by atoms with Crippen molar-refractivity contribution < 1.29 is 9.59 Å². The SMILES string of the molecule is CN=C(NCC1CCN(C(C)=O)CC1)N1CCN(CCC(=O)N(C)C)CC1. The van der Waals surface area contributed by atoms with Gasteiger partial charge >= 0.3 is 0 Å². The first-order chi connectivity index (χ1) is 12.9. The molecule has 27 heavy (non-hydrogen) atoms. The van der Waals surface area contributed by atoms with Gasteiger partial charge in [-0.2, -0.15) is 0 Å². The Hall–Kier alpha value is -1.83. The van der Waals surface area contributed by atoms with Crippen LogP contribution in [-0.4, -0.2) is 111 Å². The molecule has 8 heteroatoms. The lowest BCUT2D eigenvalue weighted by molar-refractivity contribution is -0.130. The van der Waals surface area contributed by atoms with E-state index < -0.39 is 0 Å². The highest BCUT2D eigenvalue weighted by Crippen LogP contribution is 2.16. The summed E-state index contributed by atoms with van der Waals surface area (Å²) in [5.41, 5.74) is 0. The van der Waals surface area contributed by atoms with E-state index in [-0.39, 0.29) is 11.8 Å². The number of piperazine rings is 1. The molecule has 2 heterocycles. The smallest absolute Gasteiger partial charge is 0.223 e. The summed E-state index contributed by atoms with van der Waals surface area (Å²) in [6.45, 7) is 8.89. The second-order valence-corrected chi connectivity index (χ2v) is 7.74. The fourth-order valence-corrected chi connectivity index (χ4v) is 3.68. The maximum Gasteiger partial charge on any atom is 0.223 e. The van der Waals surface area contributed by atoms with E-state index in [0.717, 1.165) is 71.2 Å². The number of guanidine groups is 1. The molecule has 0 aromatic carbocycles. The van der Waals surface area contributed by atoms with E-state index in [0.29, 0.717) is 12.3 Å². The molecule has 0 aromatic heterocycles. The lowest BCUT2D eigenvalue weighted by Crippen LogP contribution is -2.53. The predicted molar refractivity (Wildman–Crippen MR) is 108 cm³/mol. The molecule has 2 aliphatic heterocycles. The molecule has 0 atom stereocenters. The van der Waals surface area contributed by atoms with E-state index in [1.807, 2.05) is 11.9 Å². The molecule has 0 spiro atoms. The number of carbonyl (C=O) groups excluding carboxylic acids is 2. The Morgan fingerprint density at radius 2 is 1.67 bits per heavy atom. The van der Waals surface area contributed by atoms with Crippen LogP contribution < -0.4 is 5.32 Å². The Labute approximate surface area is 163 Å². The lowest BCUT2D eigenvalue weighted by atomic mass is 9.97. The normalized spacial score (nSPS) is 19.9. The van der Waals surface area contributed by atoms with Crippen LogP contribution in [0.1, 0.15) is 26.2 Å². The van der Waals surface area contributed by atoms with E-state index in [2.05, 4.69) is 20.1 Å². The third-order valence-electron chi connectivity index (χ3n) is 5.63. The molecule has 2 amide bonds. The predicted octanol–water partition coefficient (Wildman–Crippen LogP) is -0.0838. The highest BCUT2D eigenvalue weighted by Gasteiger charge is 2.23. The first-order valence-corrected chi connectivity index (χ1v) is 10.0. The van der Waals surface area contributed by atoms with Crippen LogP contribution in [0.5, 0.6) is 0 Å². The van der Waals surface area contributed by atoms with Gasteiger partial charge in [-0.05, 0) is 18.8 Å². The maximum absolute atomic E-state index is 11.7. The summed E-state index contributed by atoms with van der Waals surface area (Å²) in [5.74, 6) is 1.93. The Kier molecular flexibility index (Phi) is 8.34. The third kappa shape index (κ3) is 6.68. The number of hydrogen-bond acceptors (Lipinski definition) is 4. The highest BCUT2D eigenvalue weighted by atomic mass is 16.2. The molecule has 0 saturated carbocycles. The average Bonchev–Trinajstić information content (AvgIpc) is 2.67. The third-order valence-corrected chi connectivity index (χ3v) is 5.63. The van der Waals surface area contributed by atoms with Gasteiger partial charge in [-0.1, -0.05) is 0 Å². The van der Waals surface area contributed by atoms with Crippen molar-refractivity contribution in [2.75, 3.05) is 73.5 Å². The van der Waals surface area contributed by atoms with Crippen molar-refractivity contribution in [2.24, 2.45) is 10.9 Å². The van der Waals surface area contributed by atoms with Crippen LogP contribution in [0.15, 0.2) is 4.99 Å². The van der Waals surface area contributed by atoms with Crippen LogP contribution in [-0.2, 0) is 9.59 Å². The zero-order valence-electron chi connectivity index (χ0n) is 17.4. The first-order valence-electron chi connectivity index (χ1n) is 10.0. The van der Waals surface area contributed by atoms with Gasteiger partial charge in [0.1, 0.15) is 0 Å². The van der Waals surface area contributed by atoms with Gasteiger partial charge in [-0.15, -0.1) is 0 Å². The number of likely N-dealkylation sites (tertiary alicyclic amines) is 1. The Morgan fingerprint density at radius 1 is 1.04 bits per heavy atom. The van der Waals surface area contributed by atoms with Gasteiger partial charge in [0.2, 0.25) is 11.8 Å². The van der Waals surface area contributed by atoms with Crippen molar-refractivity contribution in [2.45, 2.75) is 26.2 Å². The van der Waals surface area contributed by atoms with Gasteiger partial charge in [-0.25, -0.2) is 0 Å². The summed E-state index contributed by atoms with van der Waals surface area (Å²) in [7, 11) is 5.45. The number of piperidine rings is 1. The molecule has 8 nitrogen and oxygen atoms in total. The fourth-order valence-electron chi connectivity index (χ4n) is 3.68. The fraction of sp³-hybridized carbons (Fsp3) is 0.842. The van der Waals surface area contributed by atoms with Crippen LogP contribution in [0, 0.1) is 5.92 Å². The molecule has 154 valence electrons. The lowest BCUT2D eigenvalue weighted by Gasteiger charge is -2.37. The largest absolute Gasteiger partial charge is 0.356 e. The molecular formula is C19H36N6O2. The minimum atomic E-state index is 0.183. The van der Waals surface area contributed by atoms with E-state index in [1.54, 1.807) is 25.9 Å². The second kappa shape index (κ2) is 10.5. The van der Waals surface area contributed by atoms with Gasteiger partial charge in [0, 0.05) is 86.8 Å². The molecule has 2 saturated heterocycles. The topological polar surface area (TPSA) is 71.5 Å². The summed E-state index contributed by atoms with van der Waals surface area (Å²) in [4.78, 5) is 35.9. The molecule has 2 fully saturated rings. The number of rotatable bonds is 5. The van der Waals surface area contributed by atoms with E-state index in [4.69, 9.17) is 0 Å². The van der Waals surface area contributed by atoms with Crippen LogP contribution in [0.2, 0.25) is 0 Å². The first kappa shape index (κ1) is 21.5. The molecule has 2 rings (SSSR count). The van der Waals surface area contributed by atoms with Crippen molar-refractivity contribution in [1.29, 1.82) is 0 Å². The number of aliphatic imine (C=N–C) groups is 1. The van der Waals surface area contributed by atoms with Crippen LogP contribution >= 0.6 is 0 Å². The summed E-state index contributed by atoms with van der Waals surface area (Å²) < 4.78 is 0. The molecule has 0 bridgehead atoms. The number of nitrogens with one attached hydrogen (secondary N) is 1. The Bertz CT molecular complexity index is 520. The zero-order chi connectivity index (χ0) is 19.8. The van der Waals surface area contributed by atoms with Gasteiger partial charge in [0.15, 0.2) is 5.96 Å². The number of hydrogen-bond donors (Lipinski definition) is 1. The second-order valence-electron chi connectivity index (χ2n) is 7.74. The monoisotopic (exact) mass is 380 g/mol. The van der Waals surface area contributed by atoms with Crippen LogP contribution in [0.3, 0.4) is 0 Å².